The summed E-state index contributed by atoms with van der Waals surface area (Å²) in [4.78, 5) is 4.24. The van der Waals surface area contributed by atoms with Gasteiger partial charge in [-0.05, 0) is 59.1 Å². The largest absolute Gasteiger partial charge is 0.234 e. The van der Waals surface area contributed by atoms with Gasteiger partial charge in [-0.15, -0.1) is 0 Å². The van der Waals surface area contributed by atoms with E-state index in [-0.39, 0.29) is 0 Å². The van der Waals surface area contributed by atoms with Crippen molar-refractivity contribution in [2.24, 2.45) is 0 Å². The number of hydrogen-bond donors (Lipinski definition) is 0. The fourth-order valence-electron chi connectivity index (χ4n) is 1.90. The number of imidazole rings is 1. The van der Waals surface area contributed by atoms with Crippen LogP contribution in [0.25, 0.3) is 16.9 Å². The molecule has 0 aliphatic carbocycles. The molecule has 0 bridgehead atoms. The lowest BCUT2D eigenvalue weighted by Gasteiger charge is -2.05. The second-order valence-electron chi connectivity index (χ2n) is 4.37. The Labute approximate surface area is 114 Å². The van der Waals surface area contributed by atoms with Crippen molar-refractivity contribution in [3.63, 3.8) is 0 Å². The number of aromatic nitrogens is 3. The third-order valence-corrected chi connectivity index (χ3v) is 3.66. The van der Waals surface area contributed by atoms with E-state index < -0.39 is 0 Å². The zero-order chi connectivity index (χ0) is 12.7. The minimum atomic E-state index is 0.842. The maximum Gasteiger partial charge on any atom is 0.154 e. The lowest BCUT2D eigenvalue weighted by Crippen LogP contribution is -1.95. The van der Waals surface area contributed by atoms with Crippen molar-refractivity contribution in [2.75, 3.05) is 0 Å². The number of nitrogens with zero attached hydrogens (tertiary/aromatic N) is 3. The van der Waals surface area contributed by atoms with E-state index in [0.717, 1.165) is 21.5 Å². The number of rotatable bonds is 1. The molecule has 0 radical (unpaired) electrons. The van der Waals surface area contributed by atoms with Gasteiger partial charge < -0.3 is 0 Å². The van der Waals surface area contributed by atoms with Crippen LogP contribution in [0.5, 0.6) is 0 Å². The molecule has 0 aliphatic heterocycles. The van der Waals surface area contributed by atoms with E-state index in [1.54, 1.807) is 10.7 Å². The summed E-state index contributed by atoms with van der Waals surface area (Å²) < 4.78 is 2.66. The molecule has 0 N–H and O–H groups in total. The molecule has 3 aromatic rings. The highest BCUT2D eigenvalue weighted by atomic mass is 79.9. The molecule has 3 rings (SSSR count). The maximum atomic E-state index is 4.58. The highest BCUT2D eigenvalue weighted by Crippen LogP contribution is 2.21. The van der Waals surface area contributed by atoms with Crippen LogP contribution in [0.3, 0.4) is 0 Å². The van der Waals surface area contributed by atoms with E-state index in [0.29, 0.717) is 0 Å². The summed E-state index contributed by atoms with van der Waals surface area (Å²) in [6, 6.07) is 10.4. The number of aryl methyl sites for hydroxylation is 2. The zero-order valence-electron chi connectivity index (χ0n) is 10.2. The molecule has 0 aliphatic rings. The van der Waals surface area contributed by atoms with Crippen LogP contribution in [0.15, 0.2) is 41.1 Å². The van der Waals surface area contributed by atoms with Gasteiger partial charge in [-0.2, -0.15) is 5.10 Å². The molecule has 18 heavy (non-hydrogen) atoms. The van der Waals surface area contributed by atoms with Gasteiger partial charge in [0.15, 0.2) is 5.65 Å². The fraction of sp³-hybridized carbons (Fsp3) is 0.143. The molecule has 3 nitrogen and oxygen atoms in total. The molecule has 2 aromatic heterocycles. The van der Waals surface area contributed by atoms with Gasteiger partial charge in [-0.3, -0.25) is 0 Å². The Morgan fingerprint density at radius 1 is 1.06 bits per heavy atom. The maximum absolute atomic E-state index is 4.58. The summed E-state index contributed by atoms with van der Waals surface area (Å²) in [5.74, 6) is 0. The number of fused-ring (bicyclic) bond motifs is 1. The summed E-state index contributed by atoms with van der Waals surface area (Å²) in [6.45, 7) is 4.23. The van der Waals surface area contributed by atoms with Crippen LogP contribution >= 0.6 is 15.9 Å². The van der Waals surface area contributed by atoms with Crippen LogP contribution < -0.4 is 0 Å². The Morgan fingerprint density at radius 3 is 2.67 bits per heavy atom. The topological polar surface area (TPSA) is 30.2 Å². The summed E-state index contributed by atoms with van der Waals surface area (Å²) in [5, 5.41) is 4.58. The van der Waals surface area contributed by atoms with Crippen LogP contribution in [-0.4, -0.2) is 14.6 Å². The van der Waals surface area contributed by atoms with E-state index >= 15 is 0 Å². The van der Waals surface area contributed by atoms with Crippen LogP contribution in [0.4, 0.5) is 0 Å². The first kappa shape index (κ1) is 11.4. The van der Waals surface area contributed by atoms with Crippen molar-refractivity contribution in [2.45, 2.75) is 13.8 Å². The fourth-order valence-corrected chi connectivity index (χ4v) is 2.26. The lowest BCUT2D eigenvalue weighted by molar-refractivity contribution is 0.922. The van der Waals surface area contributed by atoms with Crippen molar-refractivity contribution in [1.82, 2.24) is 14.6 Å². The van der Waals surface area contributed by atoms with Crippen LogP contribution in [0.1, 0.15) is 11.1 Å². The van der Waals surface area contributed by atoms with Crippen LogP contribution in [-0.2, 0) is 0 Å². The number of benzene rings is 1. The molecule has 0 saturated carbocycles. The van der Waals surface area contributed by atoms with E-state index in [1.807, 2.05) is 12.1 Å². The molecule has 0 spiro atoms. The first-order chi connectivity index (χ1) is 8.65. The molecule has 0 saturated heterocycles. The molecule has 1 aromatic carbocycles. The molecule has 0 fully saturated rings. The van der Waals surface area contributed by atoms with Gasteiger partial charge in [0.05, 0.1) is 11.9 Å². The lowest BCUT2D eigenvalue weighted by atomic mass is 10.0. The molecule has 0 amide bonds. The van der Waals surface area contributed by atoms with Gasteiger partial charge in [0.25, 0.3) is 0 Å². The van der Waals surface area contributed by atoms with E-state index in [2.05, 4.69) is 58.1 Å². The second-order valence-corrected chi connectivity index (χ2v) is 5.18. The van der Waals surface area contributed by atoms with Crippen molar-refractivity contribution >= 4 is 21.6 Å². The SMILES string of the molecule is Cc1ccc(-c2ccc3ncc(Br)n3n2)cc1C. The van der Waals surface area contributed by atoms with Crippen LogP contribution in [0.2, 0.25) is 0 Å². The number of hydrogen-bond acceptors (Lipinski definition) is 2. The second kappa shape index (κ2) is 4.21. The van der Waals surface area contributed by atoms with Crippen molar-refractivity contribution in [3.8, 4) is 11.3 Å². The average molecular weight is 302 g/mol. The third-order valence-electron chi connectivity index (χ3n) is 3.12. The van der Waals surface area contributed by atoms with Gasteiger partial charge in [0.1, 0.15) is 4.60 Å². The number of halogens is 1. The highest BCUT2D eigenvalue weighted by Gasteiger charge is 2.05. The molecule has 0 unspecified atom stereocenters. The predicted octanol–water partition coefficient (Wildman–Crippen LogP) is 3.78. The average Bonchev–Trinajstić information content (AvgIpc) is 2.74. The third kappa shape index (κ3) is 1.82. The van der Waals surface area contributed by atoms with Crippen molar-refractivity contribution < 1.29 is 0 Å². The minimum absolute atomic E-state index is 0.842. The normalized spacial score (nSPS) is 11.1. The van der Waals surface area contributed by atoms with Gasteiger partial charge in [0, 0.05) is 5.56 Å². The summed E-state index contributed by atoms with van der Waals surface area (Å²) in [7, 11) is 0. The smallest absolute Gasteiger partial charge is 0.154 e. The van der Waals surface area contributed by atoms with E-state index in [9.17, 15) is 0 Å². The van der Waals surface area contributed by atoms with E-state index in [4.69, 9.17) is 0 Å². The first-order valence-corrected chi connectivity index (χ1v) is 6.52. The molecule has 4 heteroatoms. The van der Waals surface area contributed by atoms with Gasteiger partial charge in [-0.25, -0.2) is 9.50 Å². The van der Waals surface area contributed by atoms with Crippen molar-refractivity contribution in [3.05, 3.63) is 52.3 Å². The van der Waals surface area contributed by atoms with Gasteiger partial charge >= 0.3 is 0 Å². The predicted molar refractivity (Wildman–Crippen MR) is 75.6 cm³/mol. The molecule has 90 valence electrons. The Morgan fingerprint density at radius 2 is 1.89 bits per heavy atom. The zero-order valence-corrected chi connectivity index (χ0v) is 11.8. The van der Waals surface area contributed by atoms with E-state index in [1.165, 1.54) is 11.1 Å². The summed E-state index contributed by atoms with van der Waals surface area (Å²) in [6.07, 6.45) is 1.76. The minimum Gasteiger partial charge on any atom is -0.234 e. The molecular weight excluding hydrogens is 290 g/mol. The summed E-state index contributed by atoms with van der Waals surface area (Å²) >= 11 is 3.44. The molecule has 2 heterocycles. The Bertz CT molecular complexity index is 731. The van der Waals surface area contributed by atoms with Gasteiger partial charge in [0.2, 0.25) is 0 Å². The first-order valence-electron chi connectivity index (χ1n) is 5.73. The molecular formula is C14H12BrN3. The van der Waals surface area contributed by atoms with Gasteiger partial charge in [-0.1, -0.05) is 12.1 Å². The molecule has 0 atom stereocenters. The monoisotopic (exact) mass is 301 g/mol. The Balaban J connectivity index is 2.18. The standard InChI is InChI=1S/C14H12BrN3/c1-9-3-4-11(7-10(9)2)12-5-6-14-16-8-13(15)18(14)17-12/h3-8H,1-2H3. The Hall–Kier alpha value is -1.68. The Kier molecular flexibility index (Phi) is 2.67. The summed E-state index contributed by atoms with van der Waals surface area (Å²) in [5.41, 5.74) is 5.49. The quantitative estimate of drug-likeness (QED) is 0.685. The van der Waals surface area contributed by atoms with Crippen molar-refractivity contribution in [1.29, 1.82) is 0 Å². The van der Waals surface area contributed by atoms with Crippen LogP contribution in [0, 0.1) is 13.8 Å². The highest BCUT2D eigenvalue weighted by molar-refractivity contribution is 9.10.